The number of hydrogen-bond donors (Lipinski definition) is 1. The first-order valence-corrected chi connectivity index (χ1v) is 3.46. The lowest BCUT2D eigenvalue weighted by atomic mass is 10.1. The molecule has 0 heterocycles. The molecule has 0 saturated heterocycles. The Kier molecular flexibility index (Phi) is 2.56. The van der Waals surface area contributed by atoms with E-state index in [2.05, 4.69) is 0 Å². The number of rotatable bonds is 1. The van der Waals surface area contributed by atoms with Crippen molar-refractivity contribution in [3.63, 3.8) is 0 Å². The number of hydrogen-bond acceptors (Lipinski definition) is 1. The minimum atomic E-state index is -1.59. The minimum absolute atomic E-state index is 0.0938. The van der Waals surface area contributed by atoms with Crippen LogP contribution in [-0.4, -0.2) is 5.11 Å². The fraction of sp³-hybridized carbons (Fsp3) is 0.250. The summed E-state index contributed by atoms with van der Waals surface area (Å²) in [6, 6.07) is 0.0938. The average molecular weight is 194 g/mol. The van der Waals surface area contributed by atoms with Gasteiger partial charge in [-0.1, -0.05) is 0 Å². The van der Waals surface area contributed by atoms with E-state index in [9.17, 15) is 17.6 Å². The Morgan fingerprint density at radius 1 is 1.08 bits per heavy atom. The molecule has 0 amide bonds. The molecule has 0 aromatic heterocycles. The van der Waals surface area contributed by atoms with Gasteiger partial charge in [0.15, 0.2) is 23.3 Å². The van der Waals surface area contributed by atoms with Crippen molar-refractivity contribution in [1.82, 2.24) is 0 Å². The molecule has 0 fully saturated rings. The molecule has 1 N–H and O–H groups in total. The van der Waals surface area contributed by atoms with E-state index < -0.39 is 34.9 Å². The van der Waals surface area contributed by atoms with E-state index in [1.807, 2.05) is 0 Å². The van der Waals surface area contributed by atoms with Gasteiger partial charge in [0.2, 0.25) is 0 Å². The first-order valence-electron chi connectivity index (χ1n) is 3.46. The lowest BCUT2D eigenvalue weighted by molar-refractivity contribution is 0.185. The summed E-state index contributed by atoms with van der Waals surface area (Å²) >= 11 is 0. The van der Waals surface area contributed by atoms with Crippen LogP contribution in [0.2, 0.25) is 0 Å². The molecule has 72 valence electrons. The summed E-state index contributed by atoms with van der Waals surface area (Å²) in [6.07, 6.45) is -1.59. The first kappa shape index (κ1) is 9.98. The second-order valence-corrected chi connectivity index (χ2v) is 2.56. The second kappa shape index (κ2) is 3.33. The van der Waals surface area contributed by atoms with Crippen LogP contribution in [0.25, 0.3) is 0 Å². The van der Waals surface area contributed by atoms with E-state index >= 15 is 0 Å². The highest BCUT2D eigenvalue weighted by atomic mass is 19.2. The summed E-state index contributed by atoms with van der Waals surface area (Å²) in [6.45, 7) is 1.01. The Balaban J connectivity index is 3.46. The molecule has 0 aliphatic heterocycles. The van der Waals surface area contributed by atoms with Crippen molar-refractivity contribution < 1.29 is 22.7 Å². The zero-order chi connectivity index (χ0) is 10.2. The molecular weight excluding hydrogens is 188 g/mol. The molecule has 1 rings (SSSR count). The molecule has 0 radical (unpaired) electrons. The highest BCUT2D eigenvalue weighted by Crippen LogP contribution is 2.24. The van der Waals surface area contributed by atoms with Crippen molar-refractivity contribution in [1.29, 1.82) is 0 Å². The Hall–Kier alpha value is -1.10. The molecule has 1 aromatic carbocycles. The first-order chi connectivity index (χ1) is 5.95. The normalized spacial score (nSPS) is 13.1. The van der Waals surface area contributed by atoms with E-state index in [4.69, 9.17) is 5.11 Å². The maximum atomic E-state index is 12.8. The summed E-state index contributed by atoms with van der Waals surface area (Å²) in [5.74, 6) is -6.16. The molecule has 1 aromatic rings. The summed E-state index contributed by atoms with van der Waals surface area (Å²) < 4.78 is 50.5. The molecule has 0 bridgehead atoms. The zero-order valence-corrected chi connectivity index (χ0v) is 6.61. The predicted molar refractivity (Wildman–Crippen MR) is 36.9 cm³/mol. The fourth-order valence-corrected chi connectivity index (χ4v) is 0.958. The highest BCUT2D eigenvalue weighted by Gasteiger charge is 2.21. The van der Waals surface area contributed by atoms with Gasteiger partial charge in [-0.25, -0.2) is 17.6 Å². The van der Waals surface area contributed by atoms with Crippen LogP contribution in [0.3, 0.4) is 0 Å². The van der Waals surface area contributed by atoms with Crippen LogP contribution in [0.4, 0.5) is 17.6 Å². The molecule has 0 spiro atoms. The number of aliphatic hydroxyl groups is 1. The topological polar surface area (TPSA) is 20.2 Å². The van der Waals surface area contributed by atoms with Gasteiger partial charge >= 0.3 is 0 Å². The van der Waals surface area contributed by atoms with Crippen molar-refractivity contribution in [3.05, 3.63) is 34.9 Å². The molecule has 0 unspecified atom stereocenters. The van der Waals surface area contributed by atoms with Crippen molar-refractivity contribution in [2.45, 2.75) is 13.0 Å². The molecule has 0 aliphatic carbocycles. The summed E-state index contributed by atoms with van der Waals surface area (Å²) in [4.78, 5) is 0. The third kappa shape index (κ3) is 1.65. The summed E-state index contributed by atoms with van der Waals surface area (Å²) in [5, 5.41) is 8.82. The van der Waals surface area contributed by atoms with Crippen molar-refractivity contribution in [2.75, 3.05) is 0 Å². The van der Waals surface area contributed by atoms with Crippen LogP contribution in [0.1, 0.15) is 18.6 Å². The van der Waals surface area contributed by atoms with Crippen LogP contribution in [0, 0.1) is 23.3 Å². The molecule has 1 nitrogen and oxygen atoms in total. The van der Waals surface area contributed by atoms with Gasteiger partial charge in [0.25, 0.3) is 0 Å². The van der Waals surface area contributed by atoms with Gasteiger partial charge in [-0.3, -0.25) is 0 Å². The minimum Gasteiger partial charge on any atom is -0.388 e. The van der Waals surface area contributed by atoms with Crippen molar-refractivity contribution >= 4 is 0 Å². The van der Waals surface area contributed by atoms with E-state index in [0.29, 0.717) is 0 Å². The molecule has 13 heavy (non-hydrogen) atoms. The predicted octanol–water partition coefficient (Wildman–Crippen LogP) is 2.30. The maximum Gasteiger partial charge on any atom is 0.167 e. The second-order valence-electron chi connectivity index (χ2n) is 2.56. The molecule has 1 atom stereocenters. The quantitative estimate of drug-likeness (QED) is 0.537. The molecule has 5 heteroatoms. The Morgan fingerprint density at radius 2 is 1.46 bits per heavy atom. The fourth-order valence-electron chi connectivity index (χ4n) is 0.958. The zero-order valence-electron chi connectivity index (χ0n) is 6.61. The lowest BCUT2D eigenvalue weighted by Crippen LogP contribution is -2.05. The molecule has 0 aliphatic rings. The largest absolute Gasteiger partial charge is 0.388 e. The van der Waals surface area contributed by atoms with E-state index in [0.717, 1.165) is 6.92 Å². The van der Waals surface area contributed by atoms with Crippen LogP contribution in [0.5, 0.6) is 0 Å². The van der Waals surface area contributed by atoms with Gasteiger partial charge in [0, 0.05) is 6.07 Å². The van der Waals surface area contributed by atoms with Crippen LogP contribution in [0.15, 0.2) is 6.07 Å². The molecular formula is C8H6F4O. The van der Waals surface area contributed by atoms with E-state index in [-0.39, 0.29) is 6.07 Å². The Bertz CT molecular complexity index is 309. The van der Waals surface area contributed by atoms with Crippen LogP contribution in [-0.2, 0) is 0 Å². The van der Waals surface area contributed by atoms with Crippen molar-refractivity contribution in [2.24, 2.45) is 0 Å². The van der Waals surface area contributed by atoms with Crippen LogP contribution >= 0.6 is 0 Å². The van der Waals surface area contributed by atoms with Gasteiger partial charge in [-0.15, -0.1) is 0 Å². The summed E-state index contributed by atoms with van der Waals surface area (Å²) in [5.41, 5.74) is -0.988. The van der Waals surface area contributed by atoms with Crippen LogP contribution < -0.4 is 0 Å². The number of benzene rings is 1. The van der Waals surface area contributed by atoms with Crippen molar-refractivity contribution in [3.8, 4) is 0 Å². The van der Waals surface area contributed by atoms with E-state index in [1.54, 1.807) is 0 Å². The Morgan fingerprint density at radius 3 is 1.77 bits per heavy atom. The van der Waals surface area contributed by atoms with Gasteiger partial charge in [0.1, 0.15) is 0 Å². The standard InChI is InChI=1S/C8H6F4O/c1-3(13)6-7(11)4(9)2-5(10)8(6)12/h2-3,13H,1H3/t3-/m1/s1. The smallest absolute Gasteiger partial charge is 0.167 e. The van der Waals surface area contributed by atoms with Gasteiger partial charge in [0.05, 0.1) is 11.7 Å². The maximum absolute atomic E-state index is 12.8. The monoisotopic (exact) mass is 194 g/mol. The van der Waals surface area contributed by atoms with Gasteiger partial charge in [-0.2, -0.15) is 0 Å². The average Bonchev–Trinajstić information content (AvgIpc) is 2.01. The summed E-state index contributed by atoms with van der Waals surface area (Å²) in [7, 11) is 0. The number of halogens is 4. The van der Waals surface area contributed by atoms with Gasteiger partial charge < -0.3 is 5.11 Å². The number of aliphatic hydroxyl groups excluding tert-OH is 1. The molecule has 0 saturated carbocycles. The third-order valence-corrected chi connectivity index (χ3v) is 1.56. The highest BCUT2D eigenvalue weighted by molar-refractivity contribution is 5.24. The SMILES string of the molecule is C[C@@H](O)c1c(F)c(F)cc(F)c1F. The lowest BCUT2D eigenvalue weighted by Gasteiger charge is -2.08. The third-order valence-electron chi connectivity index (χ3n) is 1.56. The van der Waals surface area contributed by atoms with E-state index in [1.165, 1.54) is 0 Å². The Labute approximate surface area is 71.6 Å². The van der Waals surface area contributed by atoms with Gasteiger partial charge in [-0.05, 0) is 6.92 Å².